The van der Waals surface area contributed by atoms with Crippen molar-refractivity contribution in [1.82, 2.24) is 5.32 Å². The molecule has 17 heavy (non-hydrogen) atoms. The lowest BCUT2D eigenvalue weighted by atomic mass is 10.3. The molecule has 0 aliphatic heterocycles. The van der Waals surface area contributed by atoms with Crippen LogP contribution in [0.3, 0.4) is 0 Å². The molecule has 0 saturated carbocycles. The maximum atomic E-state index is 12.8. The lowest BCUT2D eigenvalue weighted by Gasteiger charge is -2.10. The van der Waals surface area contributed by atoms with Crippen LogP contribution in [-0.4, -0.2) is 23.1 Å². The molecule has 0 heterocycles. The van der Waals surface area contributed by atoms with Gasteiger partial charge in [-0.15, -0.1) is 0 Å². The van der Waals surface area contributed by atoms with Crippen molar-refractivity contribution in [1.29, 1.82) is 0 Å². The van der Waals surface area contributed by atoms with E-state index < -0.39 is 29.7 Å². The monoisotopic (exact) mass is 244 g/mol. The molecule has 0 fully saturated rings. The molecule has 0 aliphatic rings. The van der Waals surface area contributed by atoms with Crippen molar-refractivity contribution in [3.8, 4) is 0 Å². The summed E-state index contributed by atoms with van der Waals surface area (Å²) in [5.41, 5.74) is -0.0995. The number of anilines is 1. The zero-order valence-corrected chi connectivity index (χ0v) is 8.83. The van der Waals surface area contributed by atoms with E-state index in [1.807, 2.05) is 0 Å². The maximum absolute atomic E-state index is 12.8. The van der Waals surface area contributed by atoms with Crippen LogP contribution >= 0.6 is 0 Å². The summed E-state index contributed by atoms with van der Waals surface area (Å²) >= 11 is 0. The summed E-state index contributed by atoms with van der Waals surface area (Å²) in [6.45, 7) is 1.26. The Morgan fingerprint density at radius 3 is 2.24 bits per heavy atom. The van der Waals surface area contributed by atoms with Crippen LogP contribution in [0.25, 0.3) is 0 Å². The normalized spacial score (nSPS) is 11.7. The molecule has 0 aliphatic carbocycles. The van der Waals surface area contributed by atoms with Crippen molar-refractivity contribution < 1.29 is 23.5 Å². The van der Waals surface area contributed by atoms with Gasteiger partial charge in [-0.1, -0.05) is 0 Å². The third kappa shape index (κ3) is 4.06. The number of aliphatic carboxylic acids is 1. The molecule has 1 aromatic carbocycles. The Balaban J connectivity index is 2.65. The number of halogens is 2. The molecule has 5 nitrogen and oxygen atoms in total. The van der Waals surface area contributed by atoms with E-state index in [1.165, 1.54) is 6.92 Å². The van der Waals surface area contributed by atoms with Crippen LogP contribution in [0.5, 0.6) is 0 Å². The van der Waals surface area contributed by atoms with E-state index in [0.717, 1.165) is 12.1 Å². The Morgan fingerprint density at radius 1 is 1.24 bits per heavy atom. The minimum absolute atomic E-state index is 0.0995. The zero-order chi connectivity index (χ0) is 13.0. The third-order valence-corrected chi connectivity index (χ3v) is 1.84. The highest BCUT2D eigenvalue weighted by molar-refractivity contribution is 5.92. The molecule has 1 unspecified atom stereocenters. The van der Waals surface area contributed by atoms with Gasteiger partial charge in [-0.3, -0.25) is 4.79 Å². The number of nitrogens with one attached hydrogen (secondary N) is 2. The van der Waals surface area contributed by atoms with Gasteiger partial charge in [0.25, 0.3) is 0 Å². The molecule has 1 rings (SSSR count). The van der Waals surface area contributed by atoms with E-state index in [2.05, 4.69) is 10.6 Å². The van der Waals surface area contributed by atoms with Crippen molar-refractivity contribution in [3.63, 3.8) is 0 Å². The smallest absolute Gasteiger partial charge is 0.325 e. The van der Waals surface area contributed by atoms with Crippen LogP contribution in [0.15, 0.2) is 18.2 Å². The molecule has 0 radical (unpaired) electrons. The number of urea groups is 1. The first-order valence-corrected chi connectivity index (χ1v) is 4.65. The molecule has 1 atom stereocenters. The SMILES string of the molecule is CC(NC(=O)Nc1cc(F)cc(F)c1)C(=O)O. The molecule has 0 aromatic heterocycles. The Morgan fingerprint density at radius 2 is 1.76 bits per heavy atom. The van der Waals surface area contributed by atoms with E-state index in [-0.39, 0.29) is 5.69 Å². The van der Waals surface area contributed by atoms with Gasteiger partial charge in [0.1, 0.15) is 17.7 Å². The number of carbonyl (C=O) groups is 2. The average molecular weight is 244 g/mol. The topological polar surface area (TPSA) is 78.4 Å². The molecule has 3 N–H and O–H groups in total. The van der Waals surface area contributed by atoms with Crippen LogP contribution in [0.1, 0.15) is 6.92 Å². The number of carboxylic acid groups (broad SMARTS) is 1. The molecule has 0 saturated heterocycles. The number of carboxylic acids is 1. The lowest BCUT2D eigenvalue weighted by Crippen LogP contribution is -2.40. The number of rotatable bonds is 3. The van der Waals surface area contributed by atoms with Gasteiger partial charge in [-0.05, 0) is 19.1 Å². The molecule has 7 heteroatoms. The van der Waals surface area contributed by atoms with Crippen LogP contribution in [-0.2, 0) is 4.79 Å². The highest BCUT2D eigenvalue weighted by Gasteiger charge is 2.14. The van der Waals surface area contributed by atoms with Gasteiger partial charge in [0, 0.05) is 11.8 Å². The van der Waals surface area contributed by atoms with E-state index in [1.54, 1.807) is 0 Å². The van der Waals surface area contributed by atoms with Crippen molar-refractivity contribution in [2.75, 3.05) is 5.32 Å². The quantitative estimate of drug-likeness (QED) is 0.755. The van der Waals surface area contributed by atoms with Crippen molar-refractivity contribution in [2.24, 2.45) is 0 Å². The largest absolute Gasteiger partial charge is 0.480 e. The van der Waals surface area contributed by atoms with Crippen LogP contribution in [0, 0.1) is 11.6 Å². The molecule has 0 bridgehead atoms. The standard InChI is InChI=1S/C10H10F2N2O3/c1-5(9(15)16)13-10(17)14-8-3-6(11)2-7(12)4-8/h2-5H,1H3,(H,15,16)(H2,13,14,17). The molecule has 0 spiro atoms. The fourth-order valence-corrected chi connectivity index (χ4v) is 1.05. The highest BCUT2D eigenvalue weighted by Crippen LogP contribution is 2.12. The predicted molar refractivity (Wildman–Crippen MR) is 55.6 cm³/mol. The number of hydrogen-bond acceptors (Lipinski definition) is 2. The average Bonchev–Trinajstić information content (AvgIpc) is 2.14. The Hall–Kier alpha value is -2.18. The van der Waals surface area contributed by atoms with E-state index in [9.17, 15) is 18.4 Å². The van der Waals surface area contributed by atoms with Crippen LogP contribution in [0.4, 0.5) is 19.3 Å². The Labute approximate surface area is 95.4 Å². The number of benzene rings is 1. The molecule has 92 valence electrons. The van der Waals surface area contributed by atoms with Gasteiger partial charge in [-0.25, -0.2) is 13.6 Å². The highest BCUT2D eigenvalue weighted by atomic mass is 19.1. The number of hydrogen-bond donors (Lipinski definition) is 3. The second-order valence-electron chi connectivity index (χ2n) is 3.32. The summed E-state index contributed by atoms with van der Waals surface area (Å²) in [5.74, 6) is -2.90. The maximum Gasteiger partial charge on any atom is 0.325 e. The minimum Gasteiger partial charge on any atom is -0.480 e. The predicted octanol–water partition coefficient (Wildman–Crippen LogP) is 1.56. The van der Waals surface area contributed by atoms with Gasteiger partial charge in [0.15, 0.2) is 0 Å². The fourth-order valence-electron chi connectivity index (χ4n) is 1.05. The van der Waals surface area contributed by atoms with Crippen molar-refractivity contribution in [2.45, 2.75) is 13.0 Å². The molecular weight excluding hydrogens is 234 g/mol. The van der Waals surface area contributed by atoms with E-state index in [4.69, 9.17) is 5.11 Å². The number of carbonyl (C=O) groups excluding carboxylic acids is 1. The Bertz CT molecular complexity index is 431. The summed E-state index contributed by atoms with van der Waals surface area (Å²) in [6.07, 6.45) is 0. The van der Waals surface area contributed by atoms with Gasteiger partial charge in [0.2, 0.25) is 0 Å². The van der Waals surface area contributed by atoms with E-state index in [0.29, 0.717) is 6.07 Å². The first-order chi connectivity index (χ1) is 7.88. The summed E-state index contributed by atoms with van der Waals surface area (Å²) < 4.78 is 25.5. The Kier molecular flexibility index (Phi) is 3.97. The molecular formula is C10H10F2N2O3. The lowest BCUT2D eigenvalue weighted by molar-refractivity contribution is -0.138. The third-order valence-electron chi connectivity index (χ3n) is 1.84. The summed E-state index contributed by atoms with van der Waals surface area (Å²) in [6, 6.07) is 0.517. The van der Waals surface area contributed by atoms with Crippen molar-refractivity contribution in [3.05, 3.63) is 29.8 Å². The van der Waals surface area contributed by atoms with Gasteiger partial charge in [-0.2, -0.15) is 0 Å². The number of amides is 2. The first-order valence-electron chi connectivity index (χ1n) is 4.65. The van der Waals surface area contributed by atoms with Gasteiger partial charge in [0.05, 0.1) is 0 Å². The van der Waals surface area contributed by atoms with Crippen LogP contribution < -0.4 is 10.6 Å². The first kappa shape index (κ1) is 12.9. The summed E-state index contributed by atoms with van der Waals surface area (Å²) in [7, 11) is 0. The van der Waals surface area contributed by atoms with Gasteiger partial charge >= 0.3 is 12.0 Å². The fraction of sp³-hybridized carbons (Fsp3) is 0.200. The summed E-state index contributed by atoms with van der Waals surface area (Å²) in [4.78, 5) is 21.7. The zero-order valence-electron chi connectivity index (χ0n) is 8.83. The minimum atomic E-state index is -1.22. The van der Waals surface area contributed by atoms with E-state index >= 15 is 0 Å². The molecule has 2 amide bonds. The van der Waals surface area contributed by atoms with Crippen molar-refractivity contribution >= 4 is 17.7 Å². The molecule has 1 aromatic rings. The van der Waals surface area contributed by atoms with Crippen LogP contribution in [0.2, 0.25) is 0 Å². The summed E-state index contributed by atoms with van der Waals surface area (Å²) in [5, 5.41) is 12.7. The second kappa shape index (κ2) is 5.24. The second-order valence-corrected chi connectivity index (χ2v) is 3.32. The van der Waals surface area contributed by atoms with Gasteiger partial charge < -0.3 is 15.7 Å².